The number of rotatable bonds is 1. The number of hydrogen-bond acceptors (Lipinski definition) is 4. The summed E-state index contributed by atoms with van der Waals surface area (Å²) in [6.07, 6.45) is 1.54. The Hall–Kier alpha value is -1.59. The van der Waals surface area contributed by atoms with Crippen LogP contribution < -0.4 is 11.1 Å². The molecule has 0 spiro atoms. The molecule has 3 nitrogen and oxygen atoms in total. The van der Waals surface area contributed by atoms with Crippen molar-refractivity contribution in [1.82, 2.24) is 5.32 Å². The Morgan fingerprint density at radius 2 is 2.17 bits per heavy atom. The summed E-state index contributed by atoms with van der Waals surface area (Å²) >= 11 is 7.18. The summed E-state index contributed by atoms with van der Waals surface area (Å²) in [7, 11) is 0. The number of benzene rings is 1. The third-order valence-electron chi connectivity index (χ3n) is 2.75. The van der Waals surface area contributed by atoms with Crippen molar-refractivity contribution in [3.8, 4) is 0 Å². The van der Waals surface area contributed by atoms with Gasteiger partial charge >= 0.3 is 0 Å². The Morgan fingerprint density at radius 3 is 3.00 bits per heavy atom. The van der Waals surface area contributed by atoms with E-state index in [-0.39, 0.29) is 11.1 Å². The Balaban J connectivity index is 2.22. The fourth-order valence-electron chi connectivity index (χ4n) is 1.95. The first-order valence-electron chi connectivity index (χ1n) is 5.29. The molecule has 2 aromatic rings. The van der Waals surface area contributed by atoms with E-state index in [1.165, 1.54) is 0 Å². The lowest BCUT2D eigenvalue weighted by atomic mass is 10.1. The van der Waals surface area contributed by atoms with Crippen LogP contribution in [0.4, 0.5) is 4.39 Å². The van der Waals surface area contributed by atoms with Crippen LogP contribution >= 0.6 is 22.9 Å². The first-order chi connectivity index (χ1) is 8.66. The minimum absolute atomic E-state index is 0.235. The highest BCUT2D eigenvalue weighted by molar-refractivity contribution is 7.17. The number of guanidine groups is 1. The molecule has 1 aromatic carbocycles. The molecular formula is C12H9ClFN3S. The number of halogens is 2. The molecule has 1 aliphatic rings. The van der Waals surface area contributed by atoms with E-state index < -0.39 is 6.04 Å². The topological polar surface area (TPSA) is 50.4 Å². The van der Waals surface area contributed by atoms with Gasteiger partial charge in [0.25, 0.3) is 0 Å². The minimum Gasteiger partial charge on any atom is -0.370 e. The van der Waals surface area contributed by atoms with Crippen molar-refractivity contribution >= 4 is 39.0 Å². The van der Waals surface area contributed by atoms with Gasteiger partial charge in [-0.3, -0.25) is 0 Å². The van der Waals surface area contributed by atoms with E-state index in [0.717, 1.165) is 21.4 Å². The first kappa shape index (κ1) is 11.5. The van der Waals surface area contributed by atoms with Crippen LogP contribution in [0.5, 0.6) is 0 Å². The average Bonchev–Trinajstić information content (AvgIpc) is 2.68. The molecule has 3 rings (SSSR count). The molecule has 6 heteroatoms. The van der Waals surface area contributed by atoms with Gasteiger partial charge in [-0.25, -0.2) is 4.99 Å². The molecule has 0 radical (unpaired) electrons. The Labute approximate surface area is 112 Å². The molecule has 3 N–H and O–H groups in total. The van der Waals surface area contributed by atoms with Gasteiger partial charge in [0.1, 0.15) is 6.04 Å². The zero-order valence-electron chi connectivity index (χ0n) is 9.15. The number of hydrogen-bond donors (Lipinski definition) is 2. The number of fused-ring (bicyclic) bond motifs is 1. The van der Waals surface area contributed by atoms with Crippen LogP contribution in [0.2, 0.25) is 0 Å². The zero-order chi connectivity index (χ0) is 12.7. The van der Waals surface area contributed by atoms with Crippen LogP contribution in [0.3, 0.4) is 0 Å². The SMILES string of the molecule is NC1=NC(c2c(F)sc3ccccc23)C(Cl)=CN1. The van der Waals surface area contributed by atoms with Crippen molar-refractivity contribution in [2.45, 2.75) is 6.04 Å². The highest BCUT2D eigenvalue weighted by atomic mass is 35.5. The predicted octanol–water partition coefficient (Wildman–Crippen LogP) is 3.08. The second kappa shape index (κ2) is 4.26. The van der Waals surface area contributed by atoms with E-state index in [2.05, 4.69) is 10.3 Å². The Bertz CT molecular complexity index is 677. The van der Waals surface area contributed by atoms with Gasteiger partial charge in [0.05, 0.1) is 5.03 Å². The summed E-state index contributed by atoms with van der Waals surface area (Å²) in [5, 5.41) is 3.69. The van der Waals surface area contributed by atoms with E-state index in [0.29, 0.717) is 10.6 Å². The normalized spacial score (nSPS) is 19.3. The van der Waals surface area contributed by atoms with E-state index >= 15 is 0 Å². The molecule has 18 heavy (non-hydrogen) atoms. The largest absolute Gasteiger partial charge is 0.370 e. The highest BCUT2D eigenvalue weighted by Gasteiger charge is 2.25. The third kappa shape index (κ3) is 1.76. The van der Waals surface area contributed by atoms with Gasteiger partial charge in [-0.05, 0) is 6.07 Å². The van der Waals surface area contributed by atoms with Crippen LogP contribution in [0.1, 0.15) is 11.6 Å². The average molecular weight is 282 g/mol. The molecule has 2 heterocycles. The lowest BCUT2D eigenvalue weighted by Gasteiger charge is -2.17. The third-order valence-corrected chi connectivity index (χ3v) is 4.04. The predicted molar refractivity (Wildman–Crippen MR) is 73.2 cm³/mol. The molecule has 1 unspecified atom stereocenters. The maximum absolute atomic E-state index is 14.1. The van der Waals surface area contributed by atoms with Crippen molar-refractivity contribution in [3.05, 3.63) is 46.2 Å². The van der Waals surface area contributed by atoms with E-state index in [1.54, 1.807) is 6.20 Å². The van der Waals surface area contributed by atoms with Gasteiger partial charge in [-0.2, -0.15) is 4.39 Å². The lowest BCUT2D eigenvalue weighted by Crippen LogP contribution is -2.31. The smallest absolute Gasteiger partial charge is 0.193 e. The molecule has 0 saturated carbocycles. The summed E-state index contributed by atoms with van der Waals surface area (Å²) in [5.41, 5.74) is 6.09. The molecule has 0 fully saturated rings. The van der Waals surface area contributed by atoms with Gasteiger partial charge in [0.2, 0.25) is 0 Å². The van der Waals surface area contributed by atoms with Crippen LogP contribution in [0, 0.1) is 5.13 Å². The zero-order valence-corrected chi connectivity index (χ0v) is 10.7. The number of nitrogens with one attached hydrogen (secondary N) is 1. The second-order valence-corrected chi connectivity index (χ2v) is 5.31. The molecule has 1 aromatic heterocycles. The van der Waals surface area contributed by atoms with Gasteiger partial charge < -0.3 is 11.1 Å². The van der Waals surface area contributed by atoms with Crippen LogP contribution in [-0.4, -0.2) is 5.96 Å². The quantitative estimate of drug-likeness (QED) is 0.844. The molecule has 0 bridgehead atoms. The van der Waals surface area contributed by atoms with Crippen LogP contribution in [-0.2, 0) is 0 Å². The summed E-state index contributed by atoms with van der Waals surface area (Å²) in [5.74, 6) is 0.235. The number of thiophene rings is 1. The van der Waals surface area contributed by atoms with Crippen molar-refractivity contribution < 1.29 is 4.39 Å². The molecule has 92 valence electrons. The van der Waals surface area contributed by atoms with Gasteiger partial charge in [0, 0.05) is 21.8 Å². The summed E-state index contributed by atoms with van der Waals surface area (Å²) in [6, 6.07) is 6.91. The van der Waals surface area contributed by atoms with Gasteiger partial charge in [-0.1, -0.05) is 29.8 Å². The van der Waals surface area contributed by atoms with E-state index in [1.807, 2.05) is 24.3 Å². The second-order valence-electron chi connectivity index (χ2n) is 3.88. The molecule has 0 aliphatic carbocycles. The maximum Gasteiger partial charge on any atom is 0.193 e. The molecular weight excluding hydrogens is 273 g/mol. The van der Waals surface area contributed by atoms with Gasteiger partial charge in [-0.15, -0.1) is 11.3 Å². The maximum atomic E-state index is 14.1. The monoisotopic (exact) mass is 281 g/mol. The Morgan fingerprint density at radius 1 is 1.39 bits per heavy atom. The number of aliphatic imine (C=N–C) groups is 1. The van der Waals surface area contributed by atoms with Crippen molar-refractivity contribution in [1.29, 1.82) is 0 Å². The van der Waals surface area contributed by atoms with E-state index in [4.69, 9.17) is 17.3 Å². The van der Waals surface area contributed by atoms with Crippen molar-refractivity contribution in [3.63, 3.8) is 0 Å². The summed E-state index contributed by atoms with van der Waals surface area (Å²) in [6.45, 7) is 0. The molecule has 1 atom stereocenters. The molecule has 0 saturated heterocycles. The minimum atomic E-state index is -0.566. The fourth-order valence-corrected chi connectivity index (χ4v) is 3.12. The van der Waals surface area contributed by atoms with Crippen LogP contribution in [0.15, 0.2) is 40.5 Å². The Kier molecular flexibility index (Phi) is 2.72. The number of nitrogens with zero attached hydrogens (tertiary/aromatic N) is 1. The van der Waals surface area contributed by atoms with Crippen molar-refractivity contribution in [2.75, 3.05) is 0 Å². The molecule has 0 amide bonds. The fraction of sp³-hybridized carbons (Fsp3) is 0.0833. The highest BCUT2D eigenvalue weighted by Crippen LogP contribution is 2.40. The lowest BCUT2D eigenvalue weighted by molar-refractivity contribution is 0.631. The summed E-state index contributed by atoms with van der Waals surface area (Å²) in [4.78, 5) is 4.17. The van der Waals surface area contributed by atoms with Crippen LogP contribution in [0.25, 0.3) is 10.1 Å². The van der Waals surface area contributed by atoms with Gasteiger partial charge in [0.15, 0.2) is 11.1 Å². The number of nitrogens with two attached hydrogens (primary N) is 1. The standard InChI is InChI=1S/C12H9ClFN3S/c13-7-5-16-12(15)17-10(7)9-6-3-1-2-4-8(6)18-11(9)14/h1-5,10H,(H3,15,16,17). The first-order valence-corrected chi connectivity index (χ1v) is 6.48. The summed E-state index contributed by atoms with van der Waals surface area (Å²) < 4.78 is 15.0. The van der Waals surface area contributed by atoms with E-state index in [9.17, 15) is 4.39 Å². The molecule has 1 aliphatic heterocycles. The van der Waals surface area contributed by atoms with Crippen molar-refractivity contribution in [2.24, 2.45) is 10.7 Å².